The quantitative estimate of drug-likeness (QED) is 0.193. The van der Waals surface area contributed by atoms with Crippen LogP contribution in [0.25, 0.3) is 11.1 Å². The molecule has 0 fully saturated rings. The van der Waals surface area contributed by atoms with Gasteiger partial charge in [-0.2, -0.15) is 0 Å². The highest BCUT2D eigenvalue weighted by atomic mass is 16.2. The summed E-state index contributed by atoms with van der Waals surface area (Å²) in [6.07, 6.45) is 6.77. The number of aryl methyl sites for hydroxylation is 2. The molecule has 0 N–H and O–H groups in total. The summed E-state index contributed by atoms with van der Waals surface area (Å²) in [6.45, 7) is 7.58. The molecule has 0 unspecified atom stereocenters. The van der Waals surface area contributed by atoms with E-state index in [0.717, 1.165) is 59.6 Å². The van der Waals surface area contributed by atoms with Crippen molar-refractivity contribution in [3.63, 3.8) is 0 Å². The largest absolute Gasteiger partial charge is 0.281 e. The van der Waals surface area contributed by atoms with E-state index < -0.39 is 0 Å². The number of anilines is 4. The number of carbonyl (C=O) groups is 2. The number of amides is 2. The van der Waals surface area contributed by atoms with Gasteiger partial charge in [-0.15, -0.1) is 0 Å². The van der Waals surface area contributed by atoms with Gasteiger partial charge in [0.15, 0.2) is 0 Å². The maximum atomic E-state index is 12.6. The van der Waals surface area contributed by atoms with Crippen LogP contribution in [-0.4, -0.2) is 11.8 Å². The highest BCUT2D eigenvalue weighted by Gasteiger charge is 2.16. The lowest BCUT2D eigenvalue weighted by Gasteiger charge is -2.23. The first-order chi connectivity index (χ1) is 19.4. The van der Waals surface area contributed by atoms with Crippen molar-refractivity contribution in [2.45, 2.75) is 66.2 Å². The van der Waals surface area contributed by atoms with Crippen LogP contribution in [0.1, 0.15) is 64.5 Å². The normalized spacial score (nSPS) is 10.8. The molecule has 0 aliphatic heterocycles. The molecule has 4 aromatic carbocycles. The van der Waals surface area contributed by atoms with Crippen LogP contribution in [0, 0.1) is 0 Å². The van der Waals surface area contributed by atoms with Crippen LogP contribution in [0.3, 0.4) is 0 Å². The van der Waals surface area contributed by atoms with Crippen molar-refractivity contribution in [1.82, 2.24) is 0 Å². The molecule has 2 amide bonds. The molecule has 0 heterocycles. The summed E-state index contributed by atoms with van der Waals surface area (Å²) in [5.41, 5.74) is 8.07. The number of nitrogens with zero attached hydrogens (tertiary/aromatic N) is 2. The first-order valence-corrected chi connectivity index (χ1v) is 14.4. The molecule has 0 bridgehead atoms. The average molecular weight is 533 g/mol. The van der Waals surface area contributed by atoms with E-state index in [2.05, 4.69) is 38.1 Å². The van der Waals surface area contributed by atoms with Crippen molar-refractivity contribution in [3.8, 4) is 11.1 Å². The van der Waals surface area contributed by atoms with Gasteiger partial charge in [-0.1, -0.05) is 75.2 Å². The lowest BCUT2D eigenvalue weighted by molar-refractivity contribution is -0.116. The molecular formula is C36H40N2O2. The lowest BCUT2D eigenvalue weighted by Crippen LogP contribution is -2.22. The van der Waals surface area contributed by atoms with Crippen molar-refractivity contribution in [3.05, 3.63) is 108 Å². The summed E-state index contributed by atoms with van der Waals surface area (Å²) in [5.74, 6) is -0.0535. The minimum absolute atomic E-state index is 0.0267. The zero-order valence-electron chi connectivity index (χ0n) is 24.2. The fourth-order valence-corrected chi connectivity index (χ4v) is 5.02. The van der Waals surface area contributed by atoms with Gasteiger partial charge in [0.1, 0.15) is 0 Å². The van der Waals surface area contributed by atoms with Crippen molar-refractivity contribution in [1.29, 1.82) is 0 Å². The van der Waals surface area contributed by atoms with Crippen LogP contribution >= 0.6 is 0 Å². The number of unbranched alkanes of at least 4 members (excludes halogenated alkanes) is 2. The Morgan fingerprint density at radius 2 is 0.750 bits per heavy atom. The van der Waals surface area contributed by atoms with Crippen LogP contribution in [0.5, 0.6) is 0 Å². The monoisotopic (exact) mass is 532 g/mol. The maximum Gasteiger partial charge on any atom is 0.228 e. The van der Waals surface area contributed by atoms with E-state index in [4.69, 9.17) is 0 Å². The third-order valence-electron chi connectivity index (χ3n) is 7.24. The van der Waals surface area contributed by atoms with Gasteiger partial charge in [0.2, 0.25) is 11.8 Å². The van der Waals surface area contributed by atoms with Gasteiger partial charge >= 0.3 is 0 Å². The second kappa shape index (κ2) is 13.7. The average Bonchev–Trinajstić information content (AvgIpc) is 2.97. The number of hydrogen-bond donors (Lipinski definition) is 0. The molecule has 0 radical (unpaired) electrons. The Hall–Kier alpha value is -4.18. The van der Waals surface area contributed by atoms with Crippen molar-refractivity contribution < 1.29 is 9.59 Å². The summed E-state index contributed by atoms with van der Waals surface area (Å²) >= 11 is 0. The van der Waals surface area contributed by atoms with Crippen molar-refractivity contribution >= 4 is 34.6 Å². The van der Waals surface area contributed by atoms with Crippen LogP contribution < -0.4 is 9.80 Å². The molecular weight excluding hydrogens is 492 g/mol. The molecule has 0 spiro atoms. The van der Waals surface area contributed by atoms with Gasteiger partial charge in [0.25, 0.3) is 0 Å². The zero-order chi connectivity index (χ0) is 28.5. The van der Waals surface area contributed by atoms with Crippen LogP contribution in [0.15, 0.2) is 97.1 Å². The second-order valence-electron chi connectivity index (χ2n) is 10.3. The second-order valence-corrected chi connectivity index (χ2v) is 10.3. The fourth-order valence-electron chi connectivity index (χ4n) is 5.02. The third-order valence-corrected chi connectivity index (χ3v) is 7.24. The number of carbonyl (C=O) groups excluding carboxylic acids is 2. The van der Waals surface area contributed by atoms with Gasteiger partial charge < -0.3 is 0 Å². The molecule has 4 rings (SSSR count). The molecule has 4 nitrogen and oxygen atoms in total. The van der Waals surface area contributed by atoms with Crippen molar-refractivity contribution in [2.75, 3.05) is 9.80 Å². The molecule has 0 atom stereocenters. The Bertz CT molecular complexity index is 1280. The van der Waals surface area contributed by atoms with Gasteiger partial charge in [-0.05, 0) is 96.5 Å². The van der Waals surface area contributed by atoms with Crippen molar-refractivity contribution in [2.24, 2.45) is 0 Å². The maximum absolute atomic E-state index is 12.6. The smallest absolute Gasteiger partial charge is 0.228 e. The van der Waals surface area contributed by atoms with E-state index in [1.807, 2.05) is 72.8 Å². The van der Waals surface area contributed by atoms with Gasteiger partial charge in [-0.25, -0.2) is 0 Å². The van der Waals surface area contributed by atoms with E-state index in [1.165, 1.54) is 24.0 Å². The minimum atomic E-state index is -0.0267. The minimum Gasteiger partial charge on any atom is -0.281 e. The van der Waals surface area contributed by atoms with E-state index in [-0.39, 0.29) is 11.8 Å². The predicted molar refractivity (Wildman–Crippen MR) is 168 cm³/mol. The molecule has 0 aliphatic rings. The summed E-state index contributed by atoms with van der Waals surface area (Å²) < 4.78 is 0. The molecule has 0 aromatic heterocycles. The van der Waals surface area contributed by atoms with Crippen LogP contribution in [-0.2, 0) is 22.4 Å². The van der Waals surface area contributed by atoms with Crippen LogP contribution in [0.2, 0.25) is 0 Å². The number of rotatable bonds is 11. The third kappa shape index (κ3) is 7.06. The molecule has 4 heteroatoms. The van der Waals surface area contributed by atoms with E-state index >= 15 is 0 Å². The number of benzene rings is 4. The van der Waals surface area contributed by atoms with E-state index in [9.17, 15) is 9.59 Å². The Balaban J connectivity index is 1.51. The molecule has 0 aliphatic carbocycles. The zero-order valence-corrected chi connectivity index (χ0v) is 24.2. The van der Waals surface area contributed by atoms with E-state index in [1.54, 1.807) is 23.6 Å². The molecule has 40 heavy (non-hydrogen) atoms. The van der Waals surface area contributed by atoms with Gasteiger partial charge in [0.05, 0.1) is 0 Å². The Kier molecular flexibility index (Phi) is 9.91. The summed E-state index contributed by atoms with van der Waals surface area (Å²) in [5, 5.41) is 0. The summed E-state index contributed by atoms with van der Waals surface area (Å²) in [6, 6.07) is 32.6. The van der Waals surface area contributed by atoms with Crippen LogP contribution in [0.4, 0.5) is 22.7 Å². The highest BCUT2D eigenvalue weighted by molar-refractivity contribution is 6.00. The summed E-state index contributed by atoms with van der Waals surface area (Å²) in [4.78, 5) is 28.7. The molecule has 0 saturated carbocycles. The first-order valence-electron chi connectivity index (χ1n) is 14.4. The summed E-state index contributed by atoms with van der Waals surface area (Å²) in [7, 11) is 0. The Morgan fingerprint density at radius 1 is 0.475 bits per heavy atom. The van der Waals surface area contributed by atoms with Gasteiger partial charge in [-0.3, -0.25) is 19.4 Å². The Labute approximate surface area is 239 Å². The first kappa shape index (κ1) is 28.8. The highest BCUT2D eigenvalue weighted by Crippen LogP contribution is 2.32. The topological polar surface area (TPSA) is 40.6 Å². The fraction of sp³-hybridized carbons (Fsp3) is 0.278. The molecule has 0 saturated heterocycles. The molecule has 4 aromatic rings. The standard InChI is InChI=1S/C36H40N2O2/c1-5-7-9-29-11-19-33(20-12-29)37(27(3)39)35-23-15-31(16-24-35)32-17-25-36(26-18-32)38(28(4)40)34-21-13-30(14-22-34)10-8-6-2/h11-26H,5-10H2,1-4H3. The lowest BCUT2D eigenvalue weighted by atomic mass is 10.0. The predicted octanol–water partition coefficient (Wildman–Crippen LogP) is 9.41. The van der Waals surface area contributed by atoms with Gasteiger partial charge in [0, 0.05) is 36.6 Å². The SMILES string of the molecule is CCCCc1ccc(N(C(C)=O)c2ccc(-c3ccc(N(C(C)=O)c4ccc(CCCC)cc4)cc3)cc2)cc1. The molecule has 206 valence electrons. The Morgan fingerprint density at radius 3 is 1.00 bits per heavy atom. The van der Waals surface area contributed by atoms with E-state index in [0.29, 0.717) is 0 Å². The number of hydrogen-bond acceptors (Lipinski definition) is 2.